The Morgan fingerprint density at radius 1 is 1.04 bits per heavy atom. The third-order valence-corrected chi connectivity index (χ3v) is 4.72. The Kier molecular flexibility index (Phi) is 7.76. The Morgan fingerprint density at radius 2 is 1.64 bits per heavy atom. The molecule has 0 saturated heterocycles. The van der Waals surface area contributed by atoms with Gasteiger partial charge < -0.3 is 9.47 Å². The molecule has 0 aliphatic heterocycles. The maximum Gasteiger partial charge on any atom is 0.308 e. The molecule has 4 nitrogen and oxygen atoms in total. The number of carbonyl (C=O) groups is 1. The molecule has 0 heterocycles. The highest BCUT2D eigenvalue weighted by Gasteiger charge is 2.28. The van der Waals surface area contributed by atoms with Crippen LogP contribution in [0, 0.1) is 0 Å². The van der Waals surface area contributed by atoms with Gasteiger partial charge >= 0.3 is 5.97 Å². The van der Waals surface area contributed by atoms with Gasteiger partial charge in [0, 0.05) is 13.0 Å². The Labute approximate surface area is 152 Å². The van der Waals surface area contributed by atoms with Crippen LogP contribution in [0.2, 0.25) is 0 Å². The van der Waals surface area contributed by atoms with Crippen LogP contribution in [0.25, 0.3) is 0 Å². The summed E-state index contributed by atoms with van der Waals surface area (Å²) in [7, 11) is 0. The molecule has 0 bridgehead atoms. The first-order valence-electron chi connectivity index (χ1n) is 9.80. The van der Waals surface area contributed by atoms with E-state index < -0.39 is 0 Å². The van der Waals surface area contributed by atoms with Crippen LogP contribution in [0.4, 0.5) is 0 Å². The Balaban J connectivity index is 2.19. The van der Waals surface area contributed by atoms with E-state index in [9.17, 15) is 4.79 Å². The minimum Gasteiger partial charge on any atom is -0.490 e. The fraction of sp³-hybridized carbons (Fsp3) is 0.667. The van der Waals surface area contributed by atoms with E-state index in [0.29, 0.717) is 24.1 Å². The molecule has 0 radical (unpaired) electrons. The molecule has 1 aliphatic carbocycles. The molecule has 0 amide bonds. The molecule has 0 fully saturated rings. The molecule has 4 heteroatoms. The minimum atomic E-state index is -0.298. The predicted molar refractivity (Wildman–Crippen MR) is 102 cm³/mol. The molecular weight excluding hydrogens is 314 g/mol. The molecule has 1 aromatic rings. The van der Waals surface area contributed by atoms with Crippen molar-refractivity contribution in [3.05, 3.63) is 23.3 Å². The van der Waals surface area contributed by atoms with E-state index in [-0.39, 0.29) is 5.97 Å². The van der Waals surface area contributed by atoms with Crippen molar-refractivity contribution in [2.75, 3.05) is 19.7 Å². The van der Waals surface area contributed by atoms with Crippen LogP contribution in [0.5, 0.6) is 11.5 Å². The van der Waals surface area contributed by atoms with Crippen LogP contribution >= 0.6 is 0 Å². The van der Waals surface area contributed by atoms with Crippen LogP contribution in [0.1, 0.15) is 64.5 Å². The number of hydrogen-bond acceptors (Lipinski definition) is 4. The van der Waals surface area contributed by atoms with Gasteiger partial charge in [0.25, 0.3) is 0 Å². The number of carbonyl (C=O) groups excluding carboxylic acids is 1. The van der Waals surface area contributed by atoms with Gasteiger partial charge in [0.2, 0.25) is 0 Å². The van der Waals surface area contributed by atoms with Gasteiger partial charge in [0.15, 0.2) is 11.5 Å². The summed E-state index contributed by atoms with van der Waals surface area (Å²) in [4.78, 5) is 14.1. The molecular formula is C21H33NO3. The van der Waals surface area contributed by atoms with Gasteiger partial charge in [-0.3, -0.25) is 9.69 Å². The minimum absolute atomic E-state index is 0.298. The van der Waals surface area contributed by atoms with Crippen molar-refractivity contribution >= 4 is 5.97 Å². The molecule has 0 N–H and O–H groups in total. The van der Waals surface area contributed by atoms with Crippen molar-refractivity contribution in [1.82, 2.24) is 4.90 Å². The van der Waals surface area contributed by atoms with Crippen LogP contribution in [-0.4, -0.2) is 36.6 Å². The maximum absolute atomic E-state index is 11.5. The van der Waals surface area contributed by atoms with E-state index in [0.717, 1.165) is 38.8 Å². The average molecular weight is 347 g/mol. The summed E-state index contributed by atoms with van der Waals surface area (Å²) < 4.78 is 11.3. The van der Waals surface area contributed by atoms with Crippen LogP contribution in [0.15, 0.2) is 12.1 Å². The largest absolute Gasteiger partial charge is 0.490 e. The molecule has 1 atom stereocenters. The van der Waals surface area contributed by atoms with Crippen molar-refractivity contribution < 1.29 is 14.3 Å². The van der Waals surface area contributed by atoms with Crippen molar-refractivity contribution in [2.45, 2.75) is 72.3 Å². The third-order valence-electron chi connectivity index (χ3n) is 4.72. The fourth-order valence-electron chi connectivity index (χ4n) is 3.59. The molecule has 2 rings (SSSR count). The normalized spacial score (nSPS) is 16.1. The lowest BCUT2D eigenvalue weighted by Gasteiger charge is -2.27. The molecule has 1 unspecified atom stereocenters. The average Bonchev–Trinajstić information content (AvgIpc) is 2.97. The summed E-state index contributed by atoms with van der Waals surface area (Å²) in [6.45, 7) is 11.0. The first-order chi connectivity index (χ1) is 12.1. The van der Waals surface area contributed by atoms with E-state index in [1.165, 1.54) is 30.9 Å². The van der Waals surface area contributed by atoms with E-state index in [2.05, 4.69) is 31.7 Å². The van der Waals surface area contributed by atoms with E-state index >= 15 is 0 Å². The van der Waals surface area contributed by atoms with Crippen LogP contribution in [-0.2, 0) is 17.6 Å². The van der Waals surface area contributed by atoms with Gasteiger partial charge in [-0.1, -0.05) is 27.2 Å². The summed E-state index contributed by atoms with van der Waals surface area (Å²) >= 11 is 0. The van der Waals surface area contributed by atoms with Crippen molar-refractivity contribution in [1.29, 1.82) is 0 Å². The first-order valence-corrected chi connectivity index (χ1v) is 9.80. The summed E-state index contributed by atoms with van der Waals surface area (Å²) in [5, 5.41) is 0. The monoisotopic (exact) mass is 347 g/mol. The maximum atomic E-state index is 11.5. The van der Waals surface area contributed by atoms with Crippen LogP contribution in [0.3, 0.4) is 0 Å². The molecule has 25 heavy (non-hydrogen) atoms. The summed E-state index contributed by atoms with van der Waals surface area (Å²) in [5.74, 6) is 0.981. The third kappa shape index (κ3) is 5.46. The molecule has 0 saturated carbocycles. The lowest BCUT2D eigenvalue weighted by molar-refractivity contribution is -0.132. The number of unbranched alkanes of at least 4 members (excludes halogenated alkanes) is 1. The number of rotatable bonds is 10. The summed E-state index contributed by atoms with van der Waals surface area (Å²) in [5.41, 5.74) is 2.63. The van der Waals surface area contributed by atoms with Crippen molar-refractivity contribution in [3.63, 3.8) is 0 Å². The van der Waals surface area contributed by atoms with Crippen molar-refractivity contribution in [3.8, 4) is 11.5 Å². The first kappa shape index (κ1) is 19.8. The smallest absolute Gasteiger partial charge is 0.308 e. The Bertz CT molecular complexity index is 565. The molecule has 140 valence electrons. The molecule has 0 spiro atoms. The standard InChI is InChI=1S/C21H33NO3/c1-5-8-11-24-20-14-17-12-19(22(9-6-2)10-7-3)13-18(17)15-21(20)25-16(4)23/h14-15,19H,5-13H2,1-4H3. The SMILES string of the molecule is CCCCOc1cc2c(cc1OC(C)=O)CC(N(CCC)CCC)C2. The van der Waals surface area contributed by atoms with Crippen LogP contribution < -0.4 is 9.47 Å². The topological polar surface area (TPSA) is 38.8 Å². The van der Waals surface area contributed by atoms with Gasteiger partial charge in [-0.2, -0.15) is 0 Å². The lowest BCUT2D eigenvalue weighted by Crippen LogP contribution is -2.37. The number of esters is 1. The second kappa shape index (κ2) is 9.81. The highest BCUT2D eigenvalue weighted by molar-refractivity contribution is 5.71. The van der Waals surface area contributed by atoms with Crippen molar-refractivity contribution in [2.24, 2.45) is 0 Å². The Hall–Kier alpha value is -1.55. The number of ether oxygens (including phenoxy) is 2. The number of nitrogens with zero attached hydrogens (tertiary/aromatic N) is 1. The number of hydrogen-bond donors (Lipinski definition) is 0. The zero-order chi connectivity index (χ0) is 18.2. The second-order valence-electron chi connectivity index (χ2n) is 6.96. The second-order valence-corrected chi connectivity index (χ2v) is 6.96. The van der Waals surface area contributed by atoms with Gasteiger partial charge in [-0.05, 0) is 68.5 Å². The Morgan fingerprint density at radius 3 is 2.16 bits per heavy atom. The fourth-order valence-corrected chi connectivity index (χ4v) is 3.59. The lowest BCUT2D eigenvalue weighted by atomic mass is 10.1. The highest BCUT2D eigenvalue weighted by atomic mass is 16.6. The summed E-state index contributed by atoms with van der Waals surface area (Å²) in [6, 6.07) is 4.67. The quantitative estimate of drug-likeness (QED) is 0.358. The zero-order valence-corrected chi connectivity index (χ0v) is 16.3. The molecule has 1 aliphatic rings. The summed E-state index contributed by atoms with van der Waals surface area (Å²) in [6.07, 6.45) is 6.52. The zero-order valence-electron chi connectivity index (χ0n) is 16.3. The van der Waals surface area contributed by atoms with E-state index in [1.54, 1.807) is 0 Å². The number of fused-ring (bicyclic) bond motifs is 1. The van der Waals surface area contributed by atoms with E-state index in [4.69, 9.17) is 9.47 Å². The van der Waals surface area contributed by atoms with Gasteiger partial charge in [0.1, 0.15) is 0 Å². The molecule has 1 aromatic carbocycles. The van der Waals surface area contributed by atoms with E-state index in [1.807, 2.05) is 6.07 Å². The number of benzene rings is 1. The van der Waals surface area contributed by atoms with Gasteiger partial charge in [-0.15, -0.1) is 0 Å². The van der Waals surface area contributed by atoms with Gasteiger partial charge in [0.05, 0.1) is 6.61 Å². The predicted octanol–water partition coefficient (Wildman–Crippen LogP) is 4.38. The molecule has 0 aromatic heterocycles. The highest BCUT2D eigenvalue weighted by Crippen LogP contribution is 2.36. The van der Waals surface area contributed by atoms with Gasteiger partial charge in [-0.25, -0.2) is 0 Å².